The van der Waals surface area contributed by atoms with Gasteiger partial charge < -0.3 is 10.4 Å². The van der Waals surface area contributed by atoms with E-state index in [1.54, 1.807) is 0 Å². The third-order valence-corrected chi connectivity index (χ3v) is 4.61. The zero-order chi connectivity index (χ0) is 14.7. The quantitative estimate of drug-likeness (QED) is 0.841. The number of hydrogen-bond acceptors (Lipinski definition) is 3. The van der Waals surface area contributed by atoms with Crippen molar-refractivity contribution in [1.82, 2.24) is 10.2 Å². The van der Waals surface area contributed by atoms with Crippen LogP contribution < -0.4 is 5.32 Å². The minimum Gasteiger partial charge on any atom is -0.481 e. The second-order valence-electron chi connectivity index (χ2n) is 6.31. The fourth-order valence-corrected chi connectivity index (χ4v) is 3.24. The first-order chi connectivity index (χ1) is 10.2. The predicted molar refractivity (Wildman–Crippen MR) is 82.3 cm³/mol. The summed E-state index contributed by atoms with van der Waals surface area (Å²) in [6.45, 7) is 5.34. The van der Waals surface area contributed by atoms with Gasteiger partial charge in [0.25, 0.3) is 0 Å². The fourth-order valence-electron chi connectivity index (χ4n) is 3.24. The molecule has 4 heteroatoms. The SMILES string of the molecule is O=C(O)CC(c1ccc(CN2CCNCC2)cc1)C1CC1. The van der Waals surface area contributed by atoms with Gasteiger partial charge in [-0.1, -0.05) is 24.3 Å². The Morgan fingerprint density at radius 3 is 2.48 bits per heavy atom. The number of nitrogens with zero attached hydrogens (tertiary/aromatic N) is 1. The van der Waals surface area contributed by atoms with Crippen LogP contribution in [0, 0.1) is 5.92 Å². The normalized spacial score (nSPS) is 21.1. The lowest BCUT2D eigenvalue weighted by molar-refractivity contribution is -0.137. The Hall–Kier alpha value is -1.39. The number of hydrogen-bond donors (Lipinski definition) is 2. The first-order valence-corrected chi connectivity index (χ1v) is 7.96. The summed E-state index contributed by atoms with van der Waals surface area (Å²) in [5.74, 6) is 0.104. The molecule has 1 atom stereocenters. The first kappa shape index (κ1) is 14.5. The van der Waals surface area contributed by atoms with Crippen molar-refractivity contribution in [2.75, 3.05) is 26.2 Å². The number of nitrogens with one attached hydrogen (secondary N) is 1. The number of carboxylic acid groups (broad SMARTS) is 1. The largest absolute Gasteiger partial charge is 0.481 e. The van der Waals surface area contributed by atoms with Gasteiger partial charge in [-0.15, -0.1) is 0 Å². The van der Waals surface area contributed by atoms with Crippen LogP contribution in [0.25, 0.3) is 0 Å². The Kier molecular flexibility index (Phi) is 4.56. The van der Waals surface area contributed by atoms with E-state index in [0.29, 0.717) is 5.92 Å². The van der Waals surface area contributed by atoms with Crippen LogP contribution in [0.15, 0.2) is 24.3 Å². The molecule has 1 aliphatic carbocycles. The van der Waals surface area contributed by atoms with E-state index in [1.807, 2.05) is 0 Å². The Morgan fingerprint density at radius 2 is 1.90 bits per heavy atom. The van der Waals surface area contributed by atoms with Gasteiger partial charge in [0.15, 0.2) is 0 Å². The van der Waals surface area contributed by atoms with E-state index in [2.05, 4.69) is 34.5 Å². The third kappa shape index (κ3) is 4.05. The Bertz CT molecular complexity index is 476. The van der Waals surface area contributed by atoms with Crippen LogP contribution in [0.2, 0.25) is 0 Å². The highest BCUT2D eigenvalue weighted by Gasteiger charge is 2.33. The molecule has 21 heavy (non-hydrogen) atoms. The number of benzene rings is 1. The monoisotopic (exact) mass is 288 g/mol. The summed E-state index contributed by atoms with van der Waals surface area (Å²) in [6, 6.07) is 8.64. The van der Waals surface area contributed by atoms with Crippen molar-refractivity contribution in [2.45, 2.75) is 31.7 Å². The van der Waals surface area contributed by atoms with Gasteiger partial charge in [0.1, 0.15) is 0 Å². The van der Waals surface area contributed by atoms with E-state index in [1.165, 1.54) is 24.0 Å². The molecule has 0 spiro atoms. The van der Waals surface area contributed by atoms with Gasteiger partial charge >= 0.3 is 5.97 Å². The summed E-state index contributed by atoms with van der Waals surface area (Å²) >= 11 is 0. The molecule has 2 aliphatic rings. The zero-order valence-corrected chi connectivity index (χ0v) is 12.4. The molecule has 1 aromatic carbocycles. The summed E-state index contributed by atoms with van der Waals surface area (Å²) in [5.41, 5.74) is 2.52. The highest BCUT2D eigenvalue weighted by molar-refractivity contribution is 5.68. The van der Waals surface area contributed by atoms with Gasteiger partial charge in [-0.05, 0) is 35.8 Å². The molecule has 1 aromatic rings. The number of rotatable bonds is 6. The molecule has 2 fully saturated rings. The van der Waals surface area contributed by atoms with Crippen LogP contribution in [0.5, 0.6) is 0 Å². The van der Waals surface area contributed by atoms with Crippen molar-refractivity contribution in [3.05, 3.63) is 35.4 Å². The van der Waals surface area contributed by atoms with Gasteiger partial charge in [0.05, 0.1) is 6.42 Å². The number of carbonyl (C=O) groups is 1. The average molecular weight is 288 g/mol. The van der Waals surface area contributed by atoms with Crippen molar-refractivity contribution in [2.24, 2.45) is 5.92 Å². The number of aliphatic carboxylic acids is 1. The van der Waals surface area contributed by atoms with Crippen molar-refractivity contribution >= 4 is 5.97 Å². The maximum absolute atomic E-state index is 11.0. The maximum atomic E-state index is 11.0. The molecule has 0 bridgehead atoms. The molecule has 1 saturated heterocycles. The molecule has 1 aliphatic heterocycles. The zero-order valence-electron chi connectivity index (χ0n) is 12.4. The summed E-state index contributed by atoms with van der Waals surface area (Å²) in [7, 11) is 0. The Labute approximate surface area is 126 Å². The van der Waals surface area contributed by atoms with Gasteiger partial charge in [-0.2, -0.15) is 0 Å². The molecule has 3 rings (SSSR count). The van der Waals surface area contributed by atoms with Crippen LogP contribution in [-0.4, -0.2) is 42.2 Å². The van der Waals surface area contributed by atoms with Crippen LogP contribution >= 0.6 is 0 Å². The van der Waals surface area contributed by atoms with E-state index in [4.69, 9.17) is 5.11 Å². The summed E-state index contributed by atoms with van der Waals surface area (Å²) < 4.78 is 0. The molecule has 0 amide bonds. The highest BCUT2D eigenvalue weighted by Crippen LogP contribution is 2.44. The molecule has 2 N–H and O–H groups in total. The average Bonchev–Trinajstić information content (AvgIpc) is 3.31. The Balaban J connectivity index is 1.63. The Morgan fingerprint density at radius 1 is 1.24 bits per heavy atom. The third-order valence-electron chi connectivity index (χ3n) is 4.61. The van der Waals surface area contributed by atoms with E-state index in [9.17, 15) is 4.79 Å². The van der Waals surface area contributed by atoms with E-state index >= 15 is 0 Å². The molecule has 1 saturated carbocycles. The van der Waals surface area contributed by atoms with Gasteiger partial charge in [-0.25, -0.2) is 0 Å². The molecular weight excluding hydrogens is 264 g/mol. The minimum atomic E-state index is -0.684. The topological polar surface area (TPSA) is 52.6 Å². The van der Waals surface area contributed by atoms with E-state index in [-0.39, 0.29) is 12.3 Å². The van der Waals surface area contributed by atoms with Crippen molar-refractivity contribution in [1.29, 1.82) is 0 Å². The summed E-state index contributed by atoms with van der Waals surface area (Å²) in [6.07, 6.45) is 2.63. The molecule has 0 aromatic heterocycles. The van der Waals surface area contributed by atoms with Crippen LogP contribution in [0.1, 0.15) is 36.3 Å². The molecular formula is C17H24N2O2. The predicted octanol–water partition coefficient (Wildman–Crippen LogP) is 2.06. The smallest absolute Gasteiger partial charge is 0.303 e. The van der Waals surface area contributed by atoms with Crippen molar-refractivity contribution in [3.63, 3.8) is 0 Å². The van der Waals surface area contributed by atoms with Gasteiger partial charge in [0.2, 0.25) is 0 Å². The van der Waals surface area contributed by atoms with Crippen molar-refractivity contribution in [3.8, 4) is 0 Å². The minimum absolute atomic E-state index is 0.204. The van der Waals surface area contributed by atoms with Gasteiger partial charge in [0, 0.05) is 32.7 Å². The van der Waals surface area contributed by atoms with Crippen molar-refractivity contribution < 1.29 is 9.90 Å². The fraction of sp³-hybridized carbons (Fsp3) is 0.588. The van der Waals surface area contributed by atoms with Gasteiger partial charge in [-0.3, -0.25) is 9.69 Å². The molecule has 1 unspecified atom stereocenters. The number of carboxylic acids is 1. The summed E-state index contributed by atoms with van der Waals surface area (Å²) in [5, 5.41) is 12.4. The number of piperazine rings is 1. The standard InChI is InChI=1S/C17H24N2O2/c20-17(21)11-16(15-5-6-15)14-3-1-13(2-4-14)12-19-9-7-18-8-10-19/h1-4,15-16,18H,5-12H2,(H,20,21). The van der Waals surface area contributed by atoms with Crippen LogP contribution in [0.3, 0.4) is 0 Å². The lowest BCUT2D eigenvalue weighted by Crippen LogP contribution is -2.42. The van der Waals surface area contributed by atoms with Crippen LogP contribution in [0.4, 0.5) is 0 Å². The first-order valence-electron chi connectivity index (χ1n) is 7.96. The molecule has 0 radical (unpaired) electrons. The second-order valence-corrected chi connectivity index (χ2v) is 6.31. The molecule has 114 valence electrons. The molecule has 4 nitrogen and oxygen atoms in total. The molecule has 1 heterocycles. The van der Waals surface area contributed by atoms with Crippen LogP contribution in [-0.2, 0) is 11.3 Å². The van der Waals surface area contributed by atoms with E-state index < -0.39 is 5.97 Å². The summed E-state index contributed by atoms with van der Waals surface area (Å²) in [4.78, 5) is 13.5. The van der Waals surface area contributed by atoms with E-state index in [0.717, 1.165) is 32.7 Å². The maximum Gasteiger partial charge on any atom is 0.303 e. The second kappa shape index (κ2) is 6.58. The highest BCUT2D eigenvalue weighted by atomic mass is 16.4. The lowest BCUT2D eigenvalue weighted by atomic mass is 9.90. The lowest BCUT2D eigenvalue weighted by Gasteiger charge is -2.27.